The van der Waals surface area contributed by atoms with Gasteiger partial charge in [0.25, 0.3) is 0 Å². The number of piperazine rings is 1. The summed E-state index contributed by atoms with van der Waals surface area (Å²) in [7, 11) is 0. The number of anilines is 1. The molecule has 1 spiro atoms. The van der Waals surface area contributed by atoms with Crippen LogP contribution in [-0.2, 0) is 21.8 Å². The predicted octanol–water partition coefficient (Wildman–Crippen LogP) is 4.08. The number of hydrogen-bond acceptors (Lipinski definition) is 5. The van der Waals surface area contributed by atoms with Gasteiger partial charge in [0.2, 0.25) is 5.79 Å². The van der Waals surface area contributed by atoms with E-state index in [0.717, 1.165) is 62.2 Å². The summed E-state index contributed by atoms with van der Waals surface area (Å²) in [6.45, 7) is 13.4. The van der Waals surface area contributed by atoms with Crippen LogP contribution in [0.2, 0.25) is 5.02 Å². The molecule has 5 rings (SSSR count). The molecule has 7 heteroatoms. The number of nitrogens with zero attached hydrogens (tertiary/aromatic N) is 3. The van der Waals surface area contributed by atoms with E-state index in [1.807, 2.05) is 30.3 Å². The number of ether oxygens (including phenoxy) is 2. The van der Waals surface area contributed by atoms with Gasteiger partial charge in [-0.15, -0.1) is 13.2 Å². The number of halogens is 2. The quantitative estimate of drug-likeness (QED) is 0.664. The van der Waals surface area contributed by atoms with E-state index < -0.39 is 5.79 Å². The molecule has 0 saturated carbocycles. The highest BCUT2D eigenvalue weighted by Gasteiger charge is 2.45. The van der Waals surface area contributed by atoms with E-state index >= 15 is 0 Å². The van der Waals surface area contributed by atoms with Crippen LogP contribution in [0.1, 0.15) is 11.1 Å². The minimum atomic E-state index is -0.673. The molecule has 0 aromatic heterocycles. The van der Waals surface area contributed by atoms with E-state index in [2.05, 4.69) is 27.9 Å². The Kier molecular flexibility index (Phi) is 6.94. The molecule has 3 aliphatic rings. The fraction of sp³-hybridized carbons (Fsp3) is 0.417. The summed E-state index contributed by atoms with van der Waals surface area (Å²) in [4.78, 5) is 7.15. The monoisotopic (exact) mass is 445 g/mol. The molecule has 0 unspecified atom stereocenters. The van der Waals surface area contributed by atoms with Gasteiger partial charge in [-0.05, 0) is 42.0 Å². The van der Waals surface area contributed by atoms with Gasteiger partial charge < -0.3 is 14.4 Å². The van der Waals surface area contributed by atoms with Gasteiger partial charge in [0.05, 0.1) is 26.4 Å². The number of fused-ring (bicyclic) bond motifs is 2. The molecular weight excluding hydrogens is 417 g/mol. The molecule has 0 aliphatic carbocycles. The van der Waals surface area contributed by atoms with Gasteiger partial charge in [-0.2, -0.15) is 0 Å². The molecule has 31 heavy (non-hydrogen) atoms. The SMILES string of the molecule is C=C.Fc1ccc(N2CCN(CN3Cc4cc(Cl)ccc4C4(C3)OCCO4)CC2)cc1. The van der Waals surface area contributed by atoms with E-state index in [4.69, 9.17) is 21.1 Å². The van der Waals surface area contributed by atoms with Gasteiger partial charge >= 0.3 is 0 Å². The molecule has 3 heterocycles. The van der Waals surface area contributed by atoms with Gasteiger partial charge in [0, 0.05) is 49.0 Å². The molecule has 166 valence electrons. The molecule has 2 saturated heterocycles. The first-order chi connectivity index (χ1) is 15.1. The molecule has 2 aromatic rings. The van der Waals surface area contributed by atoms with Crippen LogP contribution in [0.4, 0.5) is 10.1 Å². The lowest BCUT2D eigenvalue weighted by atomic mass is 9.94. The highest BCUT2D eigenvalue weighted by Crippen LogP contribution is 2.39. The zero-order chi connectivity index (χ0) is 21.8. The summed E-state index contributed by atoms with van der Waals surface area (Å²) in [5.41, 5.74) is 3.37. The summed E-state index contributed by atoms with van der Waals surface area (Å²) in [5, 5.41) is 0.742. The first-order valence-corrected chi connectivity index (χ1v) is 11.0. The molecule has 2 aromatic carbocycles. The van der Waals surface area contributed by atoms with Crippen molar-refractivity contribution in [3.05, 3.63) is 77.6 Å². The number of rotatable bonds is 3. The van der Waals surface area contributed by atoms with Crippen LogP contribution in [-0.4, -0.2) is 62.4 Å². The highest BCUT2D eigenvalue weighted by atomic mass is 35.5. The maximum absolute atomic E-state index is 13.2. The third-order valence-electron chi connectivity index (χ3n) is 6.02. The molecule has 0 amide bonds. The van der Waals surface area contributed by atoms with Crippen molar-refractivity contribution in [3.8, 4) is 0 Å². The van der Waals surface area contributed by atoms with Gasteiger partial charge in [0.1, 0.15) is 5.82 Å². The van der Waals surface area contributed by atoms with Crippen LogP contribution < -0.4 is 4.90 Å². The predicted molar refractivity (Wildman–Crippen MR) is 122 cm³/mol. The molecule has 0 atom stereocenters. The van der Waals surface area contributed by atoms with Gasteiger partial charge in [-0.25, -0.2) is 4.39 Å². The smallest absolute Gasteiger partial charge is 0.208 e. The van der Waals surface area contributed by atoms with Crippen molar-refractivity contribution in [2.45, 2.75) is 12.3 Å². The van der Waals surface area contributed by atoms with Gasteiger partial charge in [-0.1, -0.05) is 17.7 Å². The largest absolute Gasteiger partial charge is 0.369 e. The molecule has 0 bridgehead atoms. The minimum absolute atomic E-state index is 0.192. The van der Waals surface area contributed by atoms with Gasteiger partial charge in [-0.3, -0.25) is 9.80 Å². The molecule has 3 aliphatic heterocycles. The fourth-order valence-electron chi connectivity index (χ4n) is 4.62. The van der Waals surface area contributed by atoms with Crippen molar-refractivity contribution in [2.24, 2.45) is 0 Å². The topological polar surface area (TPSA) is 28.2 Å². The van der Waals surface area contributed by atoms with Crippen LogP contribution in [0, 0.1) is 5.82 Å². The van der Waals surface area contributed by atoms with E-state index in [1.165, 1.54) is 17.7 Å². The Morgan fingerprint density at radius 1 is 0.935 bits per heavy atom. The maximum Gasteiger partial charge on any atom is 0.208 e. The average Bonchev–Trinajstić information content (AvgIpc) is 3.24. The summed E-state index contributed by atoms with van der Waals surface area (Å²) < 4.78 is 25.3. The third kappa shape index (κ3) is 4.78. The normalized spacial score (nSPS) is 20.9. The fourth-order valence-corrected chi connectivity index (χ4v) is 4.82. The Morgan fingerprint density at radius 3 is 2.29 bits per heavy atom. The second-order valence-corrected chi connectivity index (χ2v) is 8.40. The van der Waals surface area contributed by atoms with E-state index in [1.54, 1.807) is 0 Å². The maximum atomic E-state index is 13.2. The van der Waals surface area contributed by atoms with Crippen molar-refractivity contribution < 1.29 is 13.9 Å². The van der Waals surface area contributed by atoms with Crippen molar-refractivity contribution in [1.29, 1.82) is 0 Å². The minimum Gasteiger partial charge on any atom is -0.369 e. The molecule has 2 fully saturated rings. The molecule has 0 N–H and O–H groups in total. The standard InChI is InChI=1S/C22H25ClFN3O2.C2H4/c23-18-1-6-21-17(13-18)14-26(15-22(21)28-11-12-29-22)16-25-7-9-27(10-8-25)20-4-2-19(24)3-5-20;1-2/h1-6,13H,7-12,14-16H2;1-2H2. The first-order valence-electron chi connectivity index (χ1n) is 10.6. The molecule has 5 nitrogen and oxygen atoms in total. The Balaban J connectivity index is 0.00000112. The Hall–Kier alpha value is -1.96. The second kappa shape index (κ2) is 9.67. The summed E-state index contributed by atoms with van der Waals surface area (Å²) in [6, 6.07) is 12.8. The van der Waals surface area contributed by atoms with Crippen LogP contribution in [0.5, 0.6) is 0 Å². The van der Waals surface area contributed by atoms with Crippen molar-refractivity contribution >= 4 is 17.3 Å². The molecular formula is C24H29ClFN3O2. The molecule has 0 radical (unpaired) electrons. The van der Waals surface area contributed by atoms with Crippen LogP contribution in [0.25, 0.3) is 0 Å². The zero-order valence-corrected chi connectivity index (χ0v) is 18.5. The third-order valence-corrected chi connectivity index (χ3v) is 6.26. The van der Waals surface area contributed by atoms with Crippen LogP contribution in [0.15, 0.2) is 55.6 Å². The summed E-state index contributed by atoms with van der Waals surface area (Å²) in [6.07, 6.45) is 0. The van der Waals surface area contributed by atoms with E-state index in [9.17, 15) is 4.39 Å². The summed E-state index contributed by atoms with van der Waals surface area (Å²) >= 11 is 6.26. The van der Waals surface area contributed by atoms with Gasteiger partial charge in [0.15, 0.2) is 0 Å². The average molecular weight is 446 g/mol. The van der Waals surface area contributed by atoms with Crippen molar-refractivity contribution in [1.82, 2.24) is 9.80 Å². The van der Waals surface area contributed by atoms with E-state index in [0.29, 0.717) is 13.2 Å². The van der Waals surface area contributed by atoms with Crippen LogP contribution in [0.3, 0.4) is 0 Å². The van der Waals surface area contributed by atoms with Crippen molar-refractivity contribution in [3.63, 3.8) is 0 Å². The Morgan fingerprint density at radius 2 is 1.61 bits per heavy atom. The Bertz CT molecular complexity index is 881. The lowest BCUT2D eigenvalue weighted by molar-refractivity contribution is -0.191. The Labute approximate surface area is 188 Å². The van der Waals surface area contributed by atoms with Crippen LogP contribution >= 0.6 is 11.6 Å². The number of benzene rings is 2. The highest BCUT2D eigenvalue weighted by molar-refractivity contribution is 6.30. The second-order valence-electron chi connectivity index (χ2n) is 7.96. The lowest BCUT2D eigenvalue weighted by Crippen LogP contribution is -2.54. The lowest BCUT2D eigenvalue weighted by Gasteiger charge is -2.43. The number of hydrogen-bond donors (Lipinski definition) is 0. The first kappa shape index (κ1) is 22.2. The van der Waals surface area contributed by atoms with Crippen molar-refractivity contribution in [2.75, 3.05) is 57.5 Å². The van der Waals surface area contributed by atoms with E-state index in [-0.39, 0.29) is 5.82 Å². The zero-order valence-electron chi connectivity index (χ0n) is 17.7. The summed E-state index contributed by atoms with van der Waals surface area (Å²) in [5.74, 6) is -0.864.